The zero-order chi connectivity index (χ0) is 43.1. The van der Waals surface area contributed by atoms with Gasteiger partial charge < -0.3 is 53.4 Å². The monoisotopic (exact) mass is 883 g/mol. The summed E-state index contributed by atoms with van der Waals surface area (Å²) in [5.41, 5.74) is -1.33. The van der Waals surface area contributed by atoms with Gasteiger partial charge in [0.1, 0.15) is 37.1 Å². The molecular weight excluding hydrogens is 839 g/mol. The number of carbonyl (C=O) groups is 3. The third-order valence-electron chi connectivity index (χ3n) is 7.60. The Bertz CT molecular complexity index is 2050. The number of amides is 1. The van der Waals surface area contributed by atoms with Crippen molar-refractivity contribution in [3.63, 3.8) is 0 Å². The largest absolute Gasteiger partial charge is 0.490 e. The van der Waals surface area contributed by atoms with E-state index in [0.29, 0.717) is 24.2 Å². The van der Waals surface area contributed by atoms with Crippen LogP contribution in [0.4, 0.5) is 0 Å². The molecule has 1 aromatic carbocycles. The van der Waals surface area contributed by atoms with Crippen LogP contribution in [0.2, 0.25) is 0 Å². The number of nitrogens with one attached hydrogen (secondary N) is 2. The summed E-state index contributed by atoms with van der Waals surface area (Å²) in [4.78, 5) is 100.0. The lowest BCUT2D eigenvalue weighted by Gasteiger charge is -2.20. The predicted octanol–water partition coefficient (Wildman–Crippen LogP) is 1.88. The number of hydrogen-bond donors (Lipinski definition) is 6. The van der Waals surface area contributed by atoms with Crippen LogP contribution in [0.5, 0.6) is 5.75 Å². The molecule has 0 spiro atoms. The number of aromatic amines is 1. The smallest absolute Gasteiger partial charge is 0.488 e. The summed E-state index contributed by atoms with van der Waals surface area (Å²) in [6.45, 7) is 3.58. The van der Waals surface area contributed by atoms with Gasteiger partial charge in [-0.05, 0) is 25.5 Å². The highest BCUT2D eigenvalue weighted by Gasteiger charge is 2.43. The van der Waals surface area contributed by atoms with Gasteiger partial charge in [-0.15, -0.1) is 6.58 Å². The quantitative estimate of drug-likeness (QED) is 0.0340. The molecule has 3 rings (SSSR count). The number of methoxy groups -OCH3 is 1. The molecule has 2 heterocycles. The maximum atomic E-state index is 12.7. The topological polar surface area (TPSA) is 324 Å². The fourth-order valence-corrected chi connectivity index (χ4v) is 8.07. The molecule has 26 heteroatoms. The molecule has 1 aliphatic rings. The van der Waals surface area contributed by atoms with Crippen molar-refractivity contribution in [1.29, 1.82) is 0 Å². The fourth-order valence-electron chi connectivity index (χ4n) is 5.04. The second-order valence-corrected chi connectivity index (χ2v) is 16.6. The van der Waals surface area contributed by atoms with E-state index in [1.807, 2.05) is 0 Å². The highest BCUT2D eigenvalue weighted by molar-refractivity contribution is 7.66. The number of H-pyrrole nitrogens is 1. The van der Waals surface area contributed by atoms with E-state index in [-0.39, 0.29) is 49.7 Å². The van der Waals surface area contributed by atoms with Gasteiger partial charge in [-0.1, -0.05) is 30.4 Å². The summed E-state index contributed by atoms with van der Waals surface area (Å²) >= 11 is 0. The van der Waals surface area contributed by atoms with Gasteiger partial charge in [0, 0.05) is 44.7 Å². The number of phosphoric acid groups is 3. The summed E-state index contributed by atoms with van der Waals surface area (Å²) in [5, 5.41) is 2.56. The molecular formula is C32H44N3O20P3. The molecule has 58 heavy (non-hydrogen) atoms. The highest BCUT2D eigenvalue weighted by atomic mass is 31.3. The van der Waals surface area contributed by atoms with Crippen LogP contribution < -0.4 is 21.3 Å². The van der Waals surface area contributed by atoms with Crippen molar-refractivity contribution in [2.24, 2.45) is 0 Å². The second kappa shape index (κ2) is 22.6. The van der Waals surface area contributed by atoms with Crippen LogP contribution in [-0.4, -0.2) is 105 Å². The number of rotatable bonds is 26. The lowest BCUT2D eigenvalue weighted by atomic mass is 10.0. The van der Waals surface area contributed by atoms with Gasteiger partial charge in [-0.25, -0.2) is 18.5 Å². The van der Waals surface area contributed by atoms with E-state index in [9.17, 15) is 47.5 Å². The van der Waals surface area contributed by atoms with Crippen molar-refractivity contribution in [3.05, 3.63) is 81.2 Å². The van der Waals surface area contributed by atoms with E-state index in [2.05, 4.69) is 30.0 Å². The summed E-state index contributed by atoms with van der Waals surface area (Å²) in [6.07, 6.45) is 1.95. The first-order valence-electron chi connectivity index (χ1n) is 17.1. The van der Waals surface area contributed by atoms with Crippen LogP contribution in [0, 0.1) is 0 Å². The molecule has 1 amide bonds. The Morgan fingerprint density at radius 2 is 1.83 bits per heavy atom. The Morgan fingerprint density at radius 1 is 1.09 bits per heavy atom. The average molecular weight is 884 g/mol. The zero-order valence-corrected chi connectivity index (χ0v) is 33.8. The maximum absolute atomic E-state index is 12.7. The van der Waals surface area contributed by atoms with E-state index >= 15 is 0 Å². The molecule has 322 valence electrons. The number of ketones is 2. The predicted molar refractivity (Wildman–Crippen MR) is 199 cm³/mol. The first kappa shape index (κ1) is 48.6. The number of nitrogens with zero attached hydrogens (tertiary/aromatic N) is 1. The van der Waals surface area contributed by atoms with Crippen molar-refractivity contribution < 1.29 is 84.5 Å². The minimum Gasteiger partial charge on any atom is -0.488 e. The van der Waals surface area contributed by atoms with Crippen molar-refractivity contribution in [1.82, 2.24) is 14.9 Å². The first-order chi connectivity index (χ1) is 27.2. The molecule has 6 N–H and O–H groups in total. The number of ether oxygens (including phenoxy) is 5. The molecule has 1 aromatic heterocycles. The second-order valence-electron chi connectivity index (χ2n) is 12.2. The molecule has 1 saturated heterocycles. The van der Waals surface area contributed by atoms with Crippen LogP contribution in [0.3, 0.4) is 0 Å². The van der Waals surface area contributed by atoms with Gasteiger partial charge in [-0.2, -0.15) is 8.62 Å². The minimum atomic E-state index is -5.76. The number of phosphoric ester groups is 1. The minimum absolute atomic E-state index is 0.000409. The van der Waals surface area contributed by atoms with Gasteiger partial charge in [-0.3, -0.25) is 28.5 Å². The van der Waals surface area contributed by atoms with Crippen molar-refractivity contribution in [3.8, 4) is 5.75 Å². The Kier molecular flexibility index (Phi) is 18.9. The van der Waals surface area contributed by atoms with Gasteiger partial charge >= 0.3 is 29.2 Å². The summed E-state index contributed by atoms with van der Waals surface area (Å²) in [5.74, 6) is -0.358. The SMILES string of the molecule is C=CCOC(COc1cccc(C(=O)CCCC(C)=O)c1)OCC(=O)NC/C=C/c1cn(C2C[C@H](OC)C(COP(=O)(O)OP(=O)(O)OP(=O)(O)O)O2)c(=O)[nH]c1=O. The molecule has 0 radical (unpaired) electrons. The number of Topliss-reactive ketones (excluding diaryl/α,β-unsaturated/α-hetero) is 2. The maximum Gasteiger partial charge on any atom is 0.490 e. The Balaban J connectivity index is 1.54. The van der Waals surface area contributed by atoms with E-state index in [4.69, 9.17) is 33.5 Å². The normalized spacial score (nSPS) is 19.6. The van der Waals surface area contributed by atoms with Crippen LogP contribution in [0.15, 0.2) is 58.8 Å². The lowest BCUT2D eigenvalue weighted by Crippen LogP contribution is -2.34. The third-order valence-corrected chi connectivity index (χ3v) is 11.4. The molecule has 1 aliphatic heterocycles. The molecule has 6 atom stereocenters. The Labute approximate surface area is 330 Å². The summed E-state index contributed by atoms with van der Waals surface area (Å²) < 4.78 is 75.4. The Hall–Kier alpha value is -3.76. The molecule has 0 saturated carbocycles. The summed E-state index contributed by atoms with van der Waals surface area (Å²) in [6, 6.07) is 6.45. The zero-order valence-electron chi connectivity index (χ0n) is 31.1. The number of benzene rings is 1. The lowest BCUT2D eigenvalue weighted by molar-refractivity contribution is -0.162. The summed E-state index contributed by atoms with van der Waals surface area (Å²) in [7, 11) is -15.6. The Morgan fingerprint density at radius 3 is 2.50 bits per heavy atom. The van der Waals surface area contributed by atoms with Gasteiger partial charge in [0.25, 0.3) is 5.56 Å². The highest BCUT2D eigenvalue weighted by Crippen LogP contribution is 2.66. The molecule has 0 aliphatic carbocycles. The van der Waals surface area contributed by atoms with Gasteiger partial charge in [0.2, 0.25) is 5.91 Å². The van der Waals surface area contributed by atoms with Crippen molar-refractivity contribution in [2.45, 2.75) is 57.3 Å². The van der Waals surface area contributed by atoms with Crippen LogP contribution in [0.25, 0.3) is 6.08 Å². The van der Waals surface area contributed by atoms with E-state index < -0.39 is 78.6 Å². The van der Waals surface area contributed by atoms with Crippen LogP contribution in [0.1, 0.15) is 54.8 Å². The number of aromatic nitrogens is 2. The molecule has 0 bridgehead atoms. The molecule has 2 aromatic rings. The molecule has 1 fully saturated rings. The van der Waals surface area contributed by atoms with Crippen molar-refractivity contribution in [2.75, 3.05) is 40.1 Å². The van der Waals surface area contributed by atoms with E-state index in [1.54, 1.807) is 24.3 Å². The van der Waals surface area contributed by atoms with Gasteiger partial charge in [0.15, 0.2) is 12.1 Å². The standard InChI is InChI=1S/C32H44N3O20P3/c1-4-14-49-30(20-50-24-11-6-9-22(15-24)25(37)12-5-8-21(2)36)51-19-28(38)33-13-7-10-23-17-35(32(40)34-31(23)39)29-16-26(48-3)27(53-29)18-52-57(44,45)55-58(46,47)54-56(41,42)43/h4,6-7,9-11,15,17,26-27,29-30H,1,5,8,12-14,16,18-20H2,2-3H3,(H,33,38)(H,44,45)(H,46,47)(H,34,39,40)(H2,41,42,43)/b10-7+/t26-,27?,29?,30?/m0/s1. The average Bonchev–Trinajstić information content (AvgIpc) is 3.54. The molecule has 5 unspecified atom stereocenters. The first-order valence-corrected chi connectivity index (χ1v) is 21.6. The molecule has 23 nitrogen and oxygen atoms in total. The third kappa shape index (κ3) is 17.2. The van der Waals surface area contributed by atoms with Crippen LogP contribution >= 0.6 is 23.5 Å². The fraction of sp³-hybridized carbons (Fsp3) is 0.469. The number of carbonyl (C=O) groups excluding carboxylic acids is 3. The van der Waals surface area contributed by atoms with E-state index in [1.165, 1.54) is 32.3 Å². The van der Waals surface area contributed by atoms with Gasteiger partial charge in [0.05, 0.1) is 24.9 Å². The number of hydrogen-bond acceptors (Lipinski definition) is 16. The van der Waals surface area contributed by atoms with Crippen LogP contribution in [-0.2, 0) is 55.4 Å². The van der Waals surface area contributed by atoms with Crippen molar-refractivity contribution >= 4 is 47.0 Å². The van der Waals surface area contributed by atoms with E-state index in [0.717, 1.165) is 10.8 Å².